The van der Waals surface area contributed by atoms with Gasteiger partial charge in [-0.25, -0.2) is 0 Å². The Balaban J connectivity index is 1.85. The third-order valence-corrected chi connectivity index (χ3v) is 7.38. The minimum Gasteiger partial charge on any atom is -0.371 e. The molecule has 0 unspecified atom stereocenters. The first-order chi connectivity index (χ1) is 17.3. The van der Waals surface area contributed by atoms with Crippen LogP contribution in [0, 0.1) is 30.3 Å². The Morgan fingerprint density at radius 2 is 0.917 bits per heavy atom. The van der Waals surface area contributed by atoms with Gasteiger partial charge in [0.25, 0.3) is 17.1 Å². The molecule has 0 aliphatic carbocycles. The Bertz CT molecular complexity index is 1140. The zero-order chi connectivity index (χ0) is 25.4. The summed E-state index contributed by atoms with van der Waals surface area (Å²) in [4.78, 5) is 40.2. The molecule has 0 N–H and O–H groups in total. The highest BCUT2D eigenvalue weighted by Crippen LogP contribution is 2.51. The van der Waals surface area contributed by atoms with E-state index < -0.39 is 31.8 Å². The average molecular weight is 497 g/mol. The summed E-state index contributed by atoms with van der Waals surface area (Å²) in [6.07, 6.45) is 5.99. The summed E-state index contributed by atoms with van der Waals surface area (Å²) in [6.45, 7) is 4.79. The molecule has 190 valence electrons. The van der Waals surface area contributed by atoms with Crippen LogP contribution in [0.15, 0.2) is 24.3 Å². The van der Waals surface area contributed by atoms with E-state index in [1.807, 2.05) is 12.1 Å². The predicted molar refractivity (Wildman–Crippen MR) is 136 cm³/mol. The first-order valence-electron chi connectivity index (χ1n) is 12.4. The molecule has 0 amide bonds. The fourth-order valence-corrected chi connectivity index (χ4v) is 5.67. The van der Waals surface area contributed by atoms with Crippen molar-refractivity contribution in [2.75, 3.05) is 54.0 Å². The largest absolute Gasteiger partial charge is 0.371 e. The predicted octanol–water partition coefficient (Wildman–Crippen LogP) is 4.88. The summed E-state index contributed by atoms with van der Waals surface area (Å²) < 4.78 is 0. The van der Waals surface area contributed by atoms with E-state index in [1.54, 1.807) is 0 Å². The van der Waals surface area contributed by atoms with Gasteiger partial charge in [0, 0.05) is 61.9 Å². The van der Waals surface area contributed by atoms with Crippen molar-refractivity contribution in [3.05, 3.63) is 54.6 Å². The maximum Gasteiger partial charge on any atom is 0.291 e. The lowest BCUT2D eigenvalue weighted by atomic mass is 9.95. The van der Waals surface area contributed by atoms with Gasteiger partial charge in [0.2, 0.25) is 0 Å². The third kappa shape index (κ3) is 4.27. The van der Waals surface area contributed by atoms with E-state index in [2.05, 4.69) is 14.7 Å². The molecule has 12 nitrogen and oxygen atoms in total. The van der Waals surface area contributed by atoms with Crippen LogP contribution in [0.5, 0.6) is 0 Å². The lowest BCUT2D eigenvalue weighted by molar-refractivity contribution is -0.402. The SMILES string of the molecule is O=[N+]([O-])c1cc([N+](=O)[O-])c(-c2c(N3CCCC3)cc(N3CCCC3)cc2N2CCCC2)c([N+](=O)[O-])c1. The Hall–Kier alpha value is -3.96. The fraction of sp³-hybridized carbons (Fsp3) is 0.500. The van der Waals surface area contributed by atoms with Crippen molar-refractivity contribution >= 4 is 34.1 Å². The van der Waals surface area contributed by atoms with Gasteiger partial charge in [0.15, 0.2) is 0 Å². The number of nitrogens with zero attached hydrogens (tertiary/aromatic N) is 6. The van der Waals surface area contributed by atoms with Crippen LogP contribution in [0.2, 0.25) is 0 Å². The van der Waals surface area contributed by atoms with Gasteiger partial charge in [-0.15, -0.1) is 0 Å². The van der Waals surface area contributed by atoms with E-state index >= 15 is 0 Å². The Morgan fingerprint density at radius 1 is 0.528 bits per heavy atom. The minimum absolute atomic E-state index is 0.160. The van der Waals surface area contributed by atoms with Gasteiger partial charge in [0.1, 0.15) is 5.56 Å². The summed E-state index contributed by atoms with van der Waals surface area (Å²) in [7, 11) is 0. The van der Waals surface area contributed by atoms with Crippen molar-refractivity contribution in [3.63, 3.8) is 0 Å². The number of hydrogen-bond donors (Lipinski definition) is 0. The van der Waals surface area contributed by atoms with E-state index in [0.717, 1.165) is 107 Å². The zero-order valence-electron chi connectivity index (χ0n) is 19.9. The Morgan fingerprint density at radius 3 is 1.28 bits per heavy atom. The molecule has 3 aliphatic rings. The molecule has 0 bridgehead atoms. The van der Waals surface area contributed by atoms with Crippen molar-refractivity contribution in [1.29, 1.82) is 0 Å². The molecule has 3 saturated heterocycles. The lowest BCUT2D eigenvalue weighted by Gasteiger charge is -2.31. The highest BCUT2D eigenvalue weighted by Gasteiger charge is 2.37. The van der Waals surface area contributed by atoms with Crippen LogP contribution in [-0.4, -0.2) is 54.0 Å². The van der Waals surface area contributed by atoms with Crippen LogP contribution in [0.1, 0.15) is 38.5 Å². The Labute approximate surface area is 207 Å². The molecule has 3 fully saturated rings. The monoisotopic (exact) mass is 496 g/mol. The van der Waals surface area contributed by atoms with Gasteiger partial charge in [-0.2, -0.15) is 0 Å². The second-order valence-electron chi connectivity index (χ2n) is 9.57. The lowest BCUT2D eigenvalue weighted by Crippen LogP contribution is -2.25. The maximum absolute atomic E-state index is 12.2. The Kier molecular flexibility index (Phi) is 6.33. The quantitative estimate of drug-likeness (QED) is 0.387. The summed E-state index contributed by atoms with van der Waals surface area (Å²) in [5.41, 5.74) is 0.806. The van der Waals surface area contributed by atoms with Crippen LogP contribution in [0.4, 0.5) is 34.1 Å². The molecule has 0 spiro atoms. The van der Waals surface area contributed by atoms with Crippen molar-refractivity contribution in [1.82, 2.24) is 0 Å². The average Bonchev–Trinajstić information content (AvgIpc) is 3.65. The van der Waals surface area contributed by atoms with Crippen molar-refractivity contribution in [3.8, 4) is 11.1 Å². The normalized spacial score (nSPS) is 17.7. The summed E-state index contributed by atoms with van der Waals surface area (Å²) in [6, 6.07) is 5.69. The summed E-state index contributed by atoms with van der Waals surface area (Å²) >= 11 is 0. The second kappa shape index (κ2) is 9.59. The van der Waals surface area contributed by atoms with Gasteiger partial charge in [-0.3, -0.25) is 30.3 Å². The van der Waals surface area contributed by atoms with Crippen molar-refractivity contribution in [2.45, 2.75) is 38.5 Å². The van der Waals surface area contributed by atoms with Gasteiger partial charge in [-0.1, -0.05) is 0 Å². The molecule has 3 heterocycles. The molecule has 36 heavy (non-hydrogen) atoms. The highest BCUT2D eigenvalue weighted by molar-refractivity contribution is 6.00. The first kappa shape index (κ1) is 23.8. The number of anilines is 3. The number of nitro benzene ring substituents is 3. The highest BCUT2D eigenvalue weighted by atomic mass is 16.6. The minimum atomic E-state index is -0.830. The van der Waals surface area contributed by atoms with Crippen LogP contribution in [0.3, 0.4) is 0 Å². The molecular weight excluding hydrogens is 468 g/mol. The van der Waals surface area contributed by atoms with Crippen molar-refractivity contribution in [2.24, 2.45) is 0 Å². The van der Waals surface area contributed by atoms with E-state index in [1.165, 1.54) is 0 Å². The first-order valence-corrected chi connectivity index (χ1v) is 12.4. The van der Waals surface area contributed by atoms with Gasteiger partial charge < -0.3 is 14.7 Å². The molecule has 2 aromatic carbocycles. The standard InChI is InChI=1S/C24H28N6O6/c31-28(32)18-15-21(29(33)34)24(22(16-18)30(35)36)23-19(26-9-3-4-10-26)13-17(25-7-1-2-8-25)14-20(23)27-11-5-6-12-27/h13-16H,1-12H2. The van der Waals surface area contributed by atoms with Crippen LogP contribution in [0.25, 0.3) is 11.1 Å². The number of benzene rings is 2. The van der Waals surface area contributed by atoms with Gasteiger partial charge in [-0.05, 0) is 50.7 Å². The summed E-state index contributed by atoms with van der Waals surface area (Å²) in [5.74, 6) is 0. The molecule has 0 aromatic heterocycles. The fourth-order valence-electron chi connectivity index (χ4n) is 5.67. The smallest absolute Gasteiger partial charge is 0.291 e. The van der Waals surface area contributed by atoms with Crippen LogP contribution in [-0.2, 0) is 0 Å². The molecular formula is C24H28N6O6. The van der Waals surface area contributed by atoms with Crippen molar-refractivity contribution < 1.29 is 14.8 Å². The number of hydrogen-bond acceptors (Lipinski definition) is 9. The molecule has 2 aromatic rings. The second-order valence-corrected chi connectivity index (χ2v) is 9.57. The maximum atomic E-state index is 12.2. The number of nitro groups is 3. The zero-order valence-corrected chi connectivity index (χ0v) is 19.9. The molecule has 0 radical (unpaired) electrons. The van der Waals surface area contributed by atoms with E-state index in [-0.39, 0.29) is 5.56 Å². The van der Waals surface area contributed by atoms with E-state index in [0.29, 0.717) is 5.56 Å². The van der Waals surface area contributed by atoms with Gasteiger partial charge >= 0.3 is 0 Å². The topological polar surface area (TPSA) is 139 Å². The van der Waals surface area contributed by atoms with E-state index in [9.17, 15) is 30.3 Å². The molecule has 5 rings (SSSR count). The third-order valence-electron chi connectivity index (χ3n) is 7.38. The summed E-state index contributed by atoms with van der Waals surface area (Å²) in [5, 5.41) is 35.9. The number of non-ortho nitro benzene ring substituents is 1. The van der Waals surface area contributed by atoms with Crippen LogP contribution < -0.4 is 14.7 Å². The number of rotatable bonds is 7. The molecule has 0 saturated carbocycles. The molecule has 12 heteroatoms. The van der Waals surface area contributed by atoms with Crippen LogP contribution >= 0.6 is 0 Å². The van der Waals surface area contributed by atoms with Gasteiger partial charge in [0.05, 0.1) is 26.9 Å². The molecule has 0 atom stereocenters. The molecule has 3 aliphatic heterocycles. The van der Waals surface area contributed by atoms with E-state index in [4.69, 9.17) is 0 Å².